The zero-order chi connectivity index (χ0) is 8.10. The number of para-hydroxylation sites is 1. The summed E-state index contributed by atoms with van der Waals surface area (Å²) in [5.41, 5.74) is 0. The van der Waals surface area contributed by atoms with Crippen LogP contribution < -0.4 is 15.3 Å². The van der Waals surface area contributed by atoms with Crippen LogP contribution >= 0.6 is 8.17 Å². The Balaban J connectivity index is 2.65. The van der Waals surface area contributed by atoms with E-state index in [-0.39, 0.29) is 0 Å². The van der Waals surface area contributed by atoms with Crippen LogP contribution in [0.15, 0.2) is 35.2 Å². The van der Waals surface area contributed by atoms with Crippen molar-refractivity contribution in [2.24, 2.45) is 10.7 Å². The summed E-state index contributed by atoms with van der Waals surface area (Å²) in [5, 5.41) is 0. The second-order valence-corrected chi connectivity index (χ2v) is 2.65. The Bertz CT molecular complexity index is 250. The Kier molecular flexibility index (Phi) is 2.98. The van der Waals surface area contributed by atoms with Crippen LogP contribution in [0.5, 0.6) is 5.75 Å². The summed E-state index contributed by atoms with van der Waals surface area (Å²) in [6, 6.07) is 8.74. The molecule has 1 atom stereocenters. The summed E-state index contributed by atoms with van der Waals surface area (Å²) in [5.74, 6) is 5.24. The van der Waals surface area contributed by atoms with Crippen LogP contribution in [-0.2, 0) is 0 Å². The van der Waals surface area contributed by atoms with E-state index in [4.69, 9.17) is 10.4 Å². The quantitative estimate of drug-likeness (QED) is 0.405. The Morgan fingerprint density at radius 2 is 2.00 bits per heavy atom. The predicted molar refractivity (Wildman–Crippen MR) is 40.6 cm³/mol. The second-order valence-electron chi connectivity index (χ2n) is 1.76. The van der Waals surface area contributed by atoms with E-state index in [1.165, 1.54) is 0 Å². The molecule has 11 heavy (non-hydrogen) atoms. The molecule has 1 rings (SSSR count). The first-order chi connectivity index (χ1) is 5.33. The molecule has 58 valence electrons. The van der Waals surface area contributed by atoms with Crippen molar-refractivity contribution in [1.29, 1.82) is 0 Å². The van der Waals surface area contributed by atoms with Gasteiger partial charge in [0.25, 0.3) is 0 Å². The third-order valence-corrected chi connectivity index (χ3v) is 1.58. The van der Waals surface area contributed by atoms with E-state index in [1.807, 2.05) is 6.07 Å². The van der Waals surface area contributed by atoms with Crippen molar-refractivity contribution < 1.29 is 9.42 Å². The third-order valence-electron chi connectivity index (χ3n) is 1.02. The van der Waals surface area contributed by atoms with E-state index in [9.17, 15) is 4.89 Å². The van der Waals surface area contributed by atoms with Gasteiger partial charge in [0.05, 0.1) is 0 Å². The third kappa shape index (κ3) is 2.63. The van der Waals surface area contributed by atoms with Crippen LogP contribution in [0.4, 0.5) is 0 Å². The Labute approximate surface area is 65.2 Å². The Morgan fingerprint density at radius 1 is 1.36 bits per heavy atom. The first-order valence-electron chi connectivity index (χ1n) is 2.94. The lowest BCUT2D eigenvalue weighted by atomic mass is 10.3. The van der Waals surface area contributed by atoms with E-state index in [1.54, 1.807) is 24.3 Å². The van der Waals surface area contributed by atoms with Crippen molar-refractivity contribution in [1.82, 2.24) is 0 Å². The largest absolute Gasteiger partial charge is 0.574 e. The van der Waals surface area contributed by atoms with Gasteiger partial charge in [0.15, 0.2) is 5.75 Å². The molecule has 1 aromatic rings. The fourth-order valence-electron chi connectivity index (χ4n) is 0.595. The highest BCUT2D eigenvalue weighted by molar-refractivity contribution is 7.33. The minimum atomic E-state index is -2.10. The summed E-state index contributed by atoms with van der Waals surface area (Å²) < 4.78 is 4.78. The molecule has 0 aliphatic carbocycles. The molecule has 0 aromatic heterocycles. The SMILES string of the molecule is N/N=[P+](\[O-])Oc1ccccc1. The first kappa shape index (κ1) is 8.14. The molecule has 0 aliphatic heterocycles. The monoisotopic (exact) mass is 170 g/mol. The number of hydrogen-bond acceptors (Lipinski definition) is 3. The van der Waals surface area contributed by atoms with Gasteiger partial charge in [-0.1, -0.05) is 18.2 Å². The molecule has 0 saturated carbocycles. The molecule has 0 fully saturated rings. The Morgan fingerprint density at radius 3 is 2.55 bits per heavy atom. The number of nitrogens with zero attached hydrogens (tertiary/aromatic N) is 1. The summed E-state index contributed by atoms with van der Waals surface area (Å²) in [6.45, 7) is 0. The van der Waals surface area contributed by atoms with Gasteiger partial charge in [0.2, 0.25) is 0 Å². The second kappa shape index (κ2) is 4.03. The van der Waals surface area contributed by atoms with Crippen LogP contribution in [0.25, 0.3) is 0 Å². The predicted octanol–water partition coefficient (Wildman–Crippen LogP) is 0.795. The highest BCUT2D eigenvalue weighted by Gasteiger charge is 1.99. The lowest BCUT2D eigenvalue weighted by molar-refractivity contribution is -0.168. The molecule has 4 nitrogen and oxygen atoms in total. The van der Waals surface area contributed by atoms with Crippen LogP contribution in [0.3, 0.4) is 0 Å². The fraction of sp³-hybridized carbons (Fsp3) is 0. The maximum absolute atomic E-state index is 10.6. The maximum Gasteiger partial charge on any atom is 0.412 e. The Hall–Kier alpha value is -0.960. The van der Waals surface area contributed by atoms with E-state index < -0.39 is 8.17 Å². The van der Waals surface area contributed by atoms with Crippen molar-refractivity contribution in [3.63, 3.8) is 0 Å². The molecule has 0 bridgehead atoms. The van der Waals surface area contributed by atoms with E-state index in [0.29, 0.717) is 5.75 Å². The summed E-state index contributed by atoms with van der Waals surface area (Å²) in [4.78, 5) is 13.6. The van der Waals surface area contributed by atoms with Crippen LogP contribution in [0.1, 0.15) is 0 Å². The highest BCUT2D eigenvalue weighted by atomic mass is 31.1. The van der Waals surface area contributed by atoms with Gasteiger partial charge in [0.1, 0.15) is 0 Å². The number of hydrogen-bond donors (Lipinski definition) is 1. The van der Waals surface area contributed by atoms with Crippen LogP contribution in [0.2, 0.25) is 0 Å². The zero-order valence-electron chi connectivity index (χ0n) is 5.68. The highest BCUT2D eigenvalue weighted by Crippen LogP contribution is 2.20. The molecule has 2 N–H and O–H groups in total. The van der Waals surface area contributed by atoms with Crippen molar-refractivity contribution in [2.75, 3.05) is 0 Å². The molecular formula is C6H7N2O2P. The fourth-order valence-corrected chi connectivity index (χ4v) is 0.944. The molecule has 1 aromatic carbocycles. The minimum absolute atomic E-state index is 0.503. The summed E-state index contributed by atoms with van der Waals surface area (Å²) in [6.07, 6.45) is 0. The van der Waals surface area contributed by atoms with Crippen molar-refractivity contribution >= 4 is 8.17 Å². The van der Waals surface area contributed by atoms with Crippen molar-refractivity contribution in [3.05, 3.63) is 30.3 Å². The molecule has 0 heterocycles. The lowest BCUT2D eigenvalue weighted by Crippen LogP contribution is -1.96. The molecule has 0 saturated heterocycles. The molecule has 0 amide bonds. The molecule has 0 radical (unpaired) electrons. The molecular weight excluding hydrogens is 163 g/mol. The van der Waals surface area contributed by atoms with Gasteiger partial charge in [0, 0.05) is 4.85 Å². The van der Waals surface area contributed by atoms with Gasteiger partial charge in [-0.2, -0.15) is 5.84 Å². The van der Waals surface area contributed by atoms with Gasteiger partial charge in [-0.15, -0.1) is 0 Å². The van der Waals surface area contributed by atoms with Gasteiger partial charge < -0.3 is 4.89 Å². The number of rotatable bonds is 2. The van der Waals surface area contributed by atoms with Crippen LogP contribution in [-0.4, -0.2) is 0 Å². The maximum atomic E-state index is 10.6. The summed E-state index contributed by atoms with van der Waals surface area (Å²) >= 11 is 0. The van der Waals surface area contributed by atoms with Crippen molar-refractivity contribution in [3.8, 4) is 5.75 Å². The normalized spacial score (nSPS) is 11.3. The summed E-state index contributed by atoms with van der Waals surface area (Å²) in [7, 11) is -2.10. The molecule has 5 heteroatoms. The average Bonchev–Trinajstić information content (AvgIpc) is 2.06. The topological polar surface area (TPSA) is 70.7 Å². The van der Waals surface area contributed by atoms with Gasteiger partial charge in [-0.05, 0) is 12.1 Å². The smallest absolute Gasteiger partial charge is 0.412 e. The zero-order valence-corrected chi connectivity index (χ0v) is 6.57. The number of benzene rings is 1. The van der Waals surface area contributed by atoms with Crippen molar-refractivity contribution in [2.45, 2.75) is 0 Å². The minimum Gasteiger partial charge on any atom is -0.574 e. The van der Waals surface area contributed by atoms with E-state index >= 15 is 0 Å². The van der Waals surface area contributed by atoms with Crippen LogP contribution in [0, 0.1) is 0 Å². The number of nitrogens with two attached hydrogens (primary N) is 1. The molecule has 0 aliphatic rings. The van der Waals surface area contributed by atoms with Gasteiger partial charge in [-0.25, -0.2) is 0 Å². The molecule has 1 unspecified atom stereocenters. The van der Waals surface area contributed by atoms with E-state index in [2.05, 4.69) is 4.85 Å². The first-order valence-corrected chi connectivity index (χ1v) is 4.07. The van der Waals surface area contributed by atoms with E-state index in [0.717, 1.165) is 0 Å². The average molecular weight is 170 g/mol. The standard InChI is InChI=1S/C6H7N2O2P/c7-8-11(9)10-6-4-2-1-3-5-6/h1-5H,7H2. The molecule has 0 spiro atoms. The van der Waals surface area contributed by atoms with Gasteiger partial charge >= 0.3 is 8.17 Å². The lowest BCUT2D eigenvalue weighted by Gasteiger charge is -1.94. The van der Waals surface area contributed by atoms with Gasteiger partial charge in [-0.3, -0.25) is 4.52 Å².